The zero-order valence-electron chi connectivity index (χ0n) is 6.66. The van der Waals surface area contributed by atoms with Crippen LogP contribution in [-0.2, 0) is 0 Å². The summed E-state index contributed by atoms with van der Waals surface area (Å²) >= 11 is 0. The molecule has 0 aromatic rings. The average Bonchev–Trinajstić information content (AvgIpc) is 2.40. The Bertz CT molecular complexity index is 147. The fourth-order valence-electron chi connectivity index (χ4n) is 1.43. The van der Waals surface area contributed by atoms with Crippen molar-refractivity contribution in [1.82, 2.24) is 4.90 Å². The second-order valence-corrected chi connectivity index (χ2v) is 3.02. The molecule has 0 saturated carbocycles. The summed E-state index contributed by atoms with van der Waals surface area (Å²) in [6.45, 7) is 2.85. The van der Waals surface area contributed by atoms with E-state index >= 15 is 0 Å². The highest BCUT2D eigenvalue weighted by atomic mass is 16.3. The average molecular weight is 154 g/mol. The van der Waals surface area contributed by atoms with Crippen LogP contribution in [-0.4, -0.2) is 35.7 Å². The number of nitrogens with zero attached hydrogens (tertiary/aromatic N) is 2. The van der Waals surface area contributed by atoms with E-state index in [1.165, 1.54) is 12.8 Å². The van der Waals surface area contributed by atoms with E-state index in [0.29, 0.717) is 6.54 Å². The molecule has 0 spiro atoms. The normalized spacial score (nSPS) is 21.5. The van der Waals surface area contributed by atoms with Crippen molar-refractivity contribution in [2.24, 2.45) is 0 Å². The van der Waals surface area contributed by atoms with Crippen molar-refractivity contribution in [3.05, 3.63) is 0 Å². The third kappa shape index (κ3) is 2.87. The Kier molecular flexibility index (Phi) is 3.34. The van der Waals surface area contributed by atoms with E-state index in [0.717, 1.165) is 13.1 Å². The van der Waals surface area contributed by atoms with Gasteiger partial charge in [0.1, 0.15) is 0 Å². The Hall–Kier alpha value is -0.590. The molecule has 1 aliphatic rings. The molecule has 1 rings (SSSR count). The molecule has 1 N–H and O–H groups in total. The number of aliphatic hydroxyl groups excluding tert-OH is 1. The lowest BCUT2D eigenvalue weighted by Crippen LogP contribution is -2.29. The third-order valence-electron chi connectivity index (χ3n) is 1.99. The zero-order chi connectivity index (χ0) is 8.10. The van der Waals surface area contributed by atoms with Crippen LogP contribution < -0.4 is 0 Å². The van der Waals surface area contributed by atoms with Gasteiger partial charge in [0.05, 0.1) is 18.6 Å². The molecular formula is C8H14N2O. The standard InChI is InChI=1S/C8H14N2O/c9-4-3-8(11)7-10-5-1-2-6-10/h8,11H,1-3,5-7H2. The van der Waals surface area contributed by atoms with Crippen molar-refractivity contribution in [3.8, 4) is 6.07 Å². The van der Waals surface area contributed by atoms with Gasteiger partial charge in [-0.25, -0.2) is 0 Å². The Morgan fingerprint density at radius 1 is 1.45 bits per heavy atom. The van der Waals surface area contributed by atoms with Gasteiger partial charge in [-0.1, -0.05) is 0 Å². The number of hydrogen-bond acceptors (Lipinski definition) is 3. The van der Waals surface area contributed by atoms with Gasteiger partial charge >= 0.3 is 0 Å². The molecular weight excluding hydrogens is 140 g/mol. The van der Waals surface area contributed by atoms with Crippen LogP contribution in [0.1, 0.15) is 19.3 Å². The maximum atomic E-state index is 9.25. The van der Waals surface area contributed by atoms with Crippen molar-refractivity contribution in [2.45, 2.75) is 25.4 Å². The number of likely N-dealkylation sites (tertiary alicyclic amines) is 1. The SMILES string of the molecule is N#CCC(O)CN1CCCC1. The van der Waals surface area contributed by atoms with Crippen molar-refractivity contribution in [1.29, 1.82) is 5.26 Å². The van der Waals surface area contributed by atoms with E-state index in [1.807, 2.05) is 6.07 Å². The number of hydrogen-bond donors (Lipinski definition) is 1. The molecule has 0 radical (unpaired) electrons. The molecule has 1 fully saturated rings. The van der Waals surface area contributed by atoms with Crippen LogP contribution in [0.4, 0.5) is 0 Å². The monoisotopic (exact) mass is 154 g/mol. The Morgan fingerprint density at radius 3 is 2.64 bits per heavy atom. The van der Waals surface area contributed by atoms with Crippen LogP contribution in [0.3, 0.4) is 0 Å². The molecule has 3 heteroatoms. The zero-order valence-corrected chi connectivity index (χ0v) is 6.66. The first-order valence-corrected chi connectivity index (χ1v) is 4.10. The first kappa shape index (κ1) is 8.51. The molecule has 0 aromatic carbocycles. The molecule has 1 unspecified atom stereocenters. The van der Waals surface area contributed by atoms with E-state index in [4.69, 9.17) is 5.26 Å². The molecule has 3 nitrogen and oxygen atoms in total. The van der Waals surface area contributed by atoms with Gasteiger partial charge < -0.3 is 10.0 Å². The summed E-state index contributed by atoms with van der Waals surface area (Å²) in [5, 5.41) is 17.5. The second-order valence-electron chi connectivity index (χ2n) is 3.02. The highest BCUT2D eigenvalue weighted by molar-refractivity contribution is 4.78. The summed E-state index contributed by atoms with van der Waals surface area (Å²) in [5.41, 5.74) is 0. The van der Waals surface area contributed by atoms with E-state index in [2.05, 4.69) is 4.90 Å². The van der Waals surface area contributed by atoms with Gasteiger partial charge in [0, 0.05) is 6.54 Å². The van der Waals surface area contributed by atoms with Crippen molar-refractivity contribution in [3.63, 3.8) is 0 Å². The van der Waals surface area contributed by atoms with Crippen LogP contribution in [0.5, 0.6) is 0 Å². The van der Waals surface area contributed by atoms with Gasteiger partial charge in [0.25, 0.3) is 0 Å². The number of rotatable bonds is 3. The summed E-state index contributed by atoms with van der Waals surface area (Å²) in [6, 6.07) is 1.96. The Morgan fingerprint density at radius 2 is 2.09 bits per heavy atom. The first-order chi connectivity index (χ1) is 5.33. The van der Waals surface area contributed by atoms with Gasteiger partial charge in [0.2, 0.25) is 0 Å². The minimum atomic E-state index is -0.446. The Labute approximate surface area is 67.2 Å². The van der Waals surface area contributed by atoms with Crippen LogP contribution in [0.15, 0.2) is 0 Å². The lowest BCUT2D eigenvalue weighted by atomic mass is 10.2. The van der Waals surface area contributed by atoms with Crippen molar-refractivity contribution in [2.75, 3.05) is 19.6 Å². The summed E-state index contributed by atoms with van der Waals surface area (Å²) in [6.07, 6.45) is 2.28. The fraction of sp³-hybridized carbons (Fsp3) is 0.875. The maximum Gasteiger partial charge on any atom is 0.0796 e. The summed E-state index contributed by atoms with van der Waals surface area (Å²) in [5.74, 6) is 0. The highest BCUT2D eigenvalue weighted by Gasteiger charge is 2.14. The van der Waals surface area contributed by atoms with Crippen LogP contribution in [0.25, 0.3) is 0 Å². The lowest BCUT2D eigenvalue weighted by Gasteiger charge is -2.16. The molecule has 0 amide bonds. The summed E-state index contributed by atoms with van der Waals surface area (Å²) in [4.78, 5) is 2.21. The van der Waals surface area contributed by atoms with Crippen LogP contribution in [0, 0.1) is 11.3 Å². The van der Waals surface area contributed by atoms with E-state index < -0.39 is 6.10 Å². The van der Waals surface area contributed by atoms with Crippen LogP contribution in [0.2, 0.25) is 0 Å². The molecule has 0 bridgehead atoms. The van der Waals surface area contributed by atoms with Gasteiger partial charge in [0.15, 0.2) is 0 Å². The van der Waals surface area contributed by atoms with Gasteiger partial charge in [-0.3, -0.25) is 0 Å². The summed E-state index contributed by atoms with van der Waals surface area (Å²) < 4.78 is 0. The molecule has 1 saturated heterocycles. The largest absolute Gasteiger partial charge is 0.391 e. The van der Waals surface area contributed by atoms with Gasteiger partial charge in [-0.05, 0) is 25.9 Å². The van der Waals surface area contributed by atoms with Crippen LogP contribution >= 0.6 is 0 Å². The number of aliphatic hydroxyl groups is 1. The molecule has 0 aromatic heterocycles. The van der Waals surface area contributed by atoms with E-state index in [1.54, 1.807) is 0 Å². The molecule has 1 heterocycles. The van der Waals surface area contributed by atoms with Crippen molar-refractivity contribution >= 4 is 0 Å². The second kappa shape index (κ2) is 4.32. The third-order valence-corrected chi connectivity index (χ3v) is 1.99. The number of β-amino-alcohol motifs (C(OH)–C–C–N with tert-alkyl or cyclic N) is 1. The Balaban J connectivity index is 2.14. The number of nitriles is 1. The maximum absolute atomic E-state index is 9.25. The van der Waals surface area contributed by atoms with E-state index in [-0.39, 0.29) is 6.42 Å². The smallest absolute Gasteiger partial charge is 0.0796 e. The molecule has 1 aliphatic heterocycles. The molecule has 11 heavy (non-hydrogen) atoms. The predicted octanol–water partition coefficient (Wildman–Crippen LogP) is 0.357. The van der Waals surface area contributed by atoms with E-state index in [9.17, 15) is 5.11 Å². The van der Waals surface area contributed by atoms with Gasteiger partial charge in [-0.15, -0.1) is 0 Å². The minimum Gasteiger partial charge on any atom is -0.391 e. The van der Waals surface area contributed by atoms with Crippen molar-refractivity contribution < 1.29 is 5.11 Å². The minimum absolute atomic E-state index is 0.260. The predicted molar refractivity (Wildman–Crippen MR) is 41.9 cm³/mol. The van der Waals surface area contributed by atoms with Gasteiger partial charge in [-0.2, -0.15) is 5.26 Å². The highest BCUT2D eigenvalue weighted by Crippen LogP contribution is 2.08. The molecule has 0 aliphatic carbocycles. The fourth-order valence-corrected chi connectivity index (χ4v) is 1.43. The first-order valence-electron chi connectivity index (χ1n) is 4.10. The molecule has 62 valence electrons. The quantitative estimate of drug-likeness (QED) is 0.638. The topological polar surface area (TPSA) is 47.3 Å². The lowest BCUT2D eigenvalue weighted by molar-refractivity contribution is 0.129. The molecule has 1 atom stereocenters. The summed E-state index contributed by atoms with van der Waals surface area (Å²) in [7, 11) is 0.